The Morgan fingerprint density at radius 3 is 2.47 bits per heavy atom. The average Bonchev–Trinajstić information content (AvgIpc) is 3.38. The molecule has 2 aromatic carbocycles. The van der Waals surface area contributed by atoms with E-state index in [-0.39, 0.29) is 11.9 Å². The van der Waals surface area contributed by atoms with Crippen molar-refractivity contribution in [1.82, 2.24) is 15.1 Å². The number of amides is 1. The van der Waals surface area contributed by atoms with Crippen molar-refractivity contribution < 1.29 is 4.79 Å². The second-order valence-electron chi connectivity index (χ2n) is 11.0. The Kier molecular flexibility index (Phi) is 6.65. The summed E-state index contributed by atoms with van der Waals surface area (Å²) in [5.74, 6) is 0.784. The van der Waals surface area contributed by atoms with Gasteiger partial charge in [0.1, 0.15) is 5.54 Å². The fourth-order valence-corrected chi connectivity index (χ4v) is 6.23. The molecule has 1 aliphatic rings. The van der Waals surface area contributed by atoms with Gasteiger partial charge in [-0.05, 0) is 77.2 Å². The van der Waals surface area contributed by atoms with E-state index in [9.17, 15) is 4.79 Å². The van der Waals surface area contributed by atoms with Crippen molar-refractivity contribution in [3.8, 4) is 10.4 Å². The molecular formula is C30H36N6OS. The Labute approximate surface area is 229 Å². The highest BCUT2D eigenvalue weighted by atomic mass is 32.1. The molecule has 198 valence electrons. The number of benzene rings is 2. The summed E-state index contributed by atoms with van der Waals surface area (Å²) in [6.45, 7) is 8.95. The molecular weight excluding hydrogens is 492 g/mol. The number of fused-ring (bicyclic) bond motifs is 2. The molecule has 7 nitrogen and oxygen atoms in total. The second-order valence-corrected chi connectivity index (χ2v) is 12.1. The Balaban J connectivity index is 1.50. The van der Waals surface area contributed by atoms with Gasteiger partial charge in [-0.2, -0.15) is 5.10 Å². The molecule has 1 aliphatic heterocycles. The topological polar surface area (TPSA) is 64.6 Å². The van der Waals surface area contributed by atoms with Crippen LogP contribution in [0, 0.1) is 6.92 Å². The molecule has 0 saturated heterocycles. The maximum absolute atomic E-state index is 13.1. The van der Waals surface area contributed by atoms with Gasteiger partial charge in [0, 0.05) is 41.2 Å². The zero-order valence-electron chi connectivity index (χ0n) is 23.5. The predicted molar refractivity (Wildman–Crippen MR) is 159 cm³/mol. The zero-order valence-corrected chi connectivity index (χ0v) is 24.3. The third-order valence-electron chi connectivity index (χ3n) is 7.63. The number of hydrogen-bond acceptors (Lipinski definition) is 7. The summed E-state index contributed by atoms with van der Waals surface area (Å²) < 4.78 is 0. The summed E-state index contributed by atoms with van der Waals surface area (Å²) in [5, 5.41) is 14.6. The van der Waals surface area contributed by atoms with E-state index in [0.717, 1.165) is 40.2 Å². The lowest BCUT2D eigenvalue weighted by Gasteiger charge is -2.45. The standard InChI is InChI=1S/C30H36N6OS/c1-18-22-15-25-24(35(7)29(37)30(3,4)36(25)8)16-23(22)28(33-32-18)31-19(2)26-13-14-27(38-26)21-12-10-9-11-20(21)17-34(5)6/h9-16,19H,17H2,1-8H3,(H,31,33)/t19-/m1/s1. The Morgan fingerprint density at radius 1 is 1.03 bits per heavy atom. The van der Waals surface area contributed by atoms with E-state index in [2.05, 4.69) is 94.9 Å². The van der Waals surface area contributed by atoms with Crippen molar-refractivity contribution in [2.24, 2.45) is 0 Å². The molecule has 0 bridgehead atoms. The van der Waals surface area contributed by atoms with E-state index >= 15 is 0 Å². The first-order chi connectivity index (χ1) is 18.0. The van der Waals surface area contributed by atoms with Crippen LogP contribution in [-0.2, 0) is 11.3 Å². The maximum Gasteiger partial charge on any atom is 0.252 e. The molecule has 3 heterocycles. The van der Waals surface area contributed by atoms with Crippen LogP contribution in [0.5, 0.6) is 0 Å². The lowest BCUT2D eigenvalue weighted by Crippen LogP contribution is -2.57. The molecule has 0 radical (unpaired) electrons. The first-order valence-corrected chi connectivity index (χ1v) is 13.7. The SMILES string of the molecule is Cc1nnc(N[C@H](C)c2ccc(-c3ccccc3CN(C)C)s2)c2cc3c(cc12)N(C)C(C)(C)C(=O)N3C. The van der Waals surface area contributed by atoms with Crippen LogP contribution >= 0.6 is 11.3 Å². The zero-order chi connectivity index (χ0) is 27.4. The second kappa shape index (κ2) is 9.67. The summed E-state index contributed by atoms with van der Waals surface area (Å²) in [6, 6.07) is 17.2. The number of likely N-dealkylation sites (N-methyl/N-ethyl adjacent to an activating group) is 2. The van der Waals surface area contributed by atoms with E-state index in [1.807, 2.05) is 34.9 Å². The van der Waals surface area contributed by atoms with Gasteiger partial charge in [-0.15, -0.1) is 16.4 Å². The molecule has 38 heavy (non-hydrogen) atoms. The van der Waals surface area contributed by atoms with E-state index in [4.69, 9.17) is 0 Å². The van der Waals surface area contributed by atoms with Gasteiger partial charge in [-0.1, -0.05) is 24.3 Å². The van der Waals surface area contributed by atoms with Crippen molar-refractivity contribution in [1.29, 1.82) is 0 Å². The van der Waals surface area contributed by atoms with Gasteiger partial charge in [0.15, 0.2) is 5.82 Å². The summed E-state index contributed by atoms with van der Waals surface area (Å²) in [7, 11) is 8.02. The lowest BCUT2D eigenvalue weighted by atomic mass is 9.94. The van der Waals surface area contributed by atoms with Crippen LogP contribution in [0.3, 0.4) is 0 Å². The fourth-order valence-electron chi connectivity index (χ4n) is 5.16. The van der Waals surface area contributed by atoms with Gasteiger partial charge in [-0.3, -0.25) is 4.79 Å². The maximum atomic E-state index is 13.1. The highest BCUT2D eigenvalue weighted by molar-refractivity contribution is 7.15. The lowest BCUT2D eigenvalue weighted by molar-refractivity contribution is -0.122. The minimum absolute atomic E-state index is 0.0342. The minimum Gasteiger partial charge on any atom is -0.361 e. The fraction of sp³-hybridized carbons (Fsp3) is 0.367. The third kappa shape index (κ3) is 4.41. The van der Waals surface area contributed by atoms with Crippen molar-refractivity contribution in [3.63, 3.8) is 0 Å². The Morgan fingerprint density at radius 2 is 1.74 bits per heavy atom. The quantitative estimate of drug-likeness (QED) is 0.327. The van der Waals surface area contributed by atoms with Gasteiger partial charge >= 0.3 is 0 Å². The van der Waals surface area contributed by atoms with Crippen LogP contribution in [0.4, 0.5) is 17.2 Å². The van der Waals surface area contributed by atoms with Crippen LogP contribution in [0.1, 0.15) is 42.9 Å². The molecule has 2 aromatic heterocycles. The number of nitrogens with zero attached hydrogens (tertiary/aromatic N) is 5. The van der Waals surface area contributed by atoms with Crippen molar-refractivity contribution >= 4 is 45.2 Å². The molecule has 1 N–H and O–H groups in total. The number of carbonyl (C=O) groups is 1. The highest BCUT2D eigenvalue weighted by Gasteiger charge is 2.41. The summed E-state index contributed by atoms with van der Waals surface area (Å²) in [4.78, 5) is 21.6. The summed E-state index contributed by atoms with van der Waals surface area (Å²) >= 11 is 1.80. The van der Waals surface area contributed by atoms with Crippen LogP contribution in [0.2, 0.25) is 0 Å². The van der Waals surface area contributed by atoms with E-state index < -0.39 is 5.54 Å². The van der Waals surface area contributed by atoms with E-state index in [1.165, 1.54) is 20.9 Å². The van der Waals surface area contributed by atoms with Gasteiger partial charge in [0.2, 0.25) is 0 Å². The number of carbonyl (C=O) groups excluding carboxylic acids is 1. The first-order valence-electron chi connectivity index (χ1n) is 12.9. The van der Waals surface area contributed by atoms with E-state index in [0.29, 0.717) is 0 Å². The molecule has 0 saturated carbocycles. The van der Waals surface area contributed by atoms with Crippen molar-refractivity contribution in [2.45, 2.75) is 45.8 Å². The predicted octanol–water partition coefficient (Wildman–Crippen LogP) is 6.09. The molecule has 4 aromatic rings. The van der Waals surface area contributed by atoms with E-state index in [1.54, 1.807) is 16.2 Å². The summed E-state index contributed by atoms with van der Waals surface area (Å²) in [6.07, 6.45) is 0. The molecule has 1 amide bonds. The number of rotatable bonds is 6. The minimum atomic E-state index is -0.624. The Bertz CT molecular complexity index is 1520. The first kappa shape index (κ1) is 26.1. The van der Waals surface area contributed by atoms with Gasteiger partial charge < -0.3 is 20.0 Å². The van der Waals surface area contributed by atoms with Crippen molar-refractivity contribution in [2.75, 3.05) is 43.3 Å². The number of hydrogen-bond donors (Lipinski definition) is 1. The van der Waals surface area contributed by atoms with Crippen molar-refractivity contribution in [3.05, 3.63) is 64.7 Å². The smallest absolute Gasteiger partial charge is 0.252 e. The Hall–Kier alpha value is -3.49. The van der Waals surface area contributed by atoms with Gasteiger partial charge in [0.25, 0.3) is 5.91 Å². The van der Waals surface area contributed by atoms with Crippen LogP contribution in [0.15, 0.2) is 48.5 Å². The molecule has 0 unspecified atom stereocenters. The summed E-state index contributed by atoms with van der Waals surface area (Å²) in [5.41, 5.74) is 4.72. The van der Waals surface area contributed by atoms with Crippen LogP contribution < -0.4 is 15.1 Å². The van der Waals surface area contributed by atoms with Gasteiger partial charge in [-0.25, -0.2) is 0 Å². The molecule has 5 rings (SSSR count). The number of aromatic nitrogens is 2. The average molecular weight is 529 g/mol. The largest absolute Gasteiger partial charge is 0.361 e. The van der Waals surface area contributed by atoms with Crippen LogP contribution in [0.25, 0.3) is 21.2 Å². The third-order valence-corrected chi connectivity index (χ3v) is 8.93. The molecule has 0 spiro atoms. The van der Waals surface area contributed by atoms with Crippen LogP contribution in [-0.4, -0.2) is 54.7 Å². The molecule has 8 heteroatoms. The number of aryl methyl sites for hydroxylation is 1. The molecule has 1 atom stereocenters. The molecule has 0 aliphatic carbocycles. The monoisotopic (exact) mass is 528 g/mol. The number of nitrogens with one attached hydrogen (secondary N) is 1. The normalized spacial score (nSPS) is 15.8. The molecule has 0 fully saturated rings. The van der Waals surface area contributed by atoms with Gasteiger partial charge in [0.05, 0.1) is 23.1 Å². The highest BCUT2D eigenvalue weighted by Crippen LogP contribution is 2.43. The number of anilines is 3. The number of thiophene rings is 1.